The molecule has 1 aliphatic carbocycles. The average Bonchev–Trinajstić information content (AvgIpc) is 3.49. The zero-order chi connectivity index (χ0) is 19.7. The molecule has 2 atom stereocenters. The summed E-state index contributed by atoms with van der Waals surface area (Å²) < 4.78 is 1.71. The molecule has 7 nitrogen and oxygen atoms in total. The van der Waals surface area contributed by atoms with Gasteiger partial charge in [-0.3, -0.25) is 10.2 Å². The molecule has 3 aromatic rings. The van der Waals surface area contributed by atoms with E-state index in [-0.39, 0.29) is 18.6 Å². The van der Waals surface area contributed by atoms with Crippen LogP contribution in [0.25, 0.3) is 16.6 Å². The third-order valence-electron chi connectivity index (χ3n) is 5.24. The molecule has 0 radical (unpaired) electrons. The van der Waals surface area contributed by atoms with Gasteiger partial charge in [0.25, 0.3) is 5.91 Å². The Kier molecular flexibility index (Phi) is 5.13. The summed E-state index contributed by atoms with van der Waals surface area (Å²) in [5.41, 5.74) is 9.58. The van der Waals surface area contributed by atoms with E-state index in [1.807, 2.05) is 30.5 Å². The molecule has 1 fully saturated rings. The molecule has 4 N–H and O–H groups in total. The summed E-state index contributed by atoms with van der Waals surface area (Å²) in [6.07, 6.45) is 4.93. The number of aromatic nitrogens is 2. The van der Waals surface area contributed by atoms with Crippen LogP contribution < -0.4 is 10.9 Å². The first-order chi connectivity index (χ1) is 13.5. The van der Waals surface area contributed by atoms with Crippen molar-refractivity contribution in [3.63, 3.8) is 0 Å². The molecule has 7 heteroatoms. The van der Waals surface area contributed by atoms with Gasteiger partial charge in [-0.1, -0.05) is 18.2 Å². The van der Waals surface area contributed by atoms with Gasteiger partial charge >= 0.3 is 0 Å². The quantitative estimate of drug-likeness (QED) is 0.470. The van der Waals surface area contributed by atoms with Crippen molar-refractivity contribution >= 4 is 11.4 Å². The number of carbonyl (C=O) groups excluding carboxylic acids is 1. The van der Waals surface area contributed by atoms with E-state index in [9.17, 15) is 9.90 Å². The van der Waals surface area contributed by atoms with Gasteiger partial charge in [-0.25, -0.2) is 9.94 Å². The van der Waals surface area contributed by atoms with Crippen LogP contribution in [0, 0.1) is 5.92 Å². The first kappa shape index (κ1) is 18.6. The van der Waals surface area contributed by atoms with Gasteiger partial charge < -0.3 is 10.2 Å². The summed E-state index contributed by atoms with van der Waals surface area (Å²) in [5.74, 6) is 0.438. The number of carbonyl (C=O) groups is 1. The molecule has 0 spiro atoms. The lowest BCUT2D eigenvalue weighted by atomic mass is 10.0. The van der Waals surface area contributed by atoms with Crippen molar-refractivity contribution in [3.05, 3.63) is 59.9 Å². The molecule has 1 saturated carbocycles. The molecule has 1 aliphatic rings. The standard InChI is InChI=1S/C21H24N4O3/c1-13(14-5-6-14)23-24-21(28)17-8-19-9-18(11-25(19)22-10-17)15-3-2-4-16(7-15)20(27)12-26/h2-4,7-11,13-14,20,23,26-27H,5-6,12H2,1H3,(H,24,28)/t13-,20?/m1/s1. The minimum Gasteiger partial charge on any atom is -0.393 e. The second-order valence-corrected chi connectivity index (χ2v) is 7.39. The van der Waals surface area contributed by atoms with Gasteiger partial charge in [0.05, 0.1) is 23.9 Å². The number of hydrazine groups is 1. The Morgan fingerprint density at radius 3 is 2.86 bits per heavy atom. The molecule has 146 valence electrons. The number of benzene rings is 1. The molecule has 0 bridgehead atoms. The maximum atomic E-state index is 12.4. The number of hydrogen-bond acceptors (Lipinski definition) is 5. The minimum absolute atomic E-state index is 0.210. The van der Waals surface area contributed by atoms with Gasteiger partial charge in [0.1, 0.15) is 6.10 Å². The summed E-state index contributed by atoms with van der Waals surface area (Å²) in [4.78, 5) is 12.4. The Balaban J connectivity index is 1.54. The summed E-state index contributed by atoms with van der Waals surface area (Å²) >= 11 is 0. The van der Waals surface area contributed by atoms with E-state index in [2.05, 4.69) is 22.9 Å². The molecular weight excluding hydrogens is 356 g/mol. The molecule has 28 heavy (non-hydrogen) atoms. The van der Waals surface area contributed by atoms with Crippen molar-refractivity contribution in [2.75, 3.05) is 6.61 Å². The van der Waals surface area contributed by atoms with Crippen molar-refractivity contribution in [2.45, 2.75) is 31.9 Å². The van der Waals surface area contributed by atoms with Crippen LogP contribution in [0.3, 0.4) is 0 Å². The lowest BCUT2D eigenvalue weighted by Crippen LogP contribution is -2.44. The normalized spacial score (nSPS) is 16.1. The van der Waals surface area contributed by atoms with Gasteiger partial charge in [0.15, 0.2) is 0 Å². The number of nitrogens with zero attached hydrogens (tertiary/aromatic N) is 2. The van der Waals surface area contributed by atoms with Crippen molar-refractivity contribution in [1.82, 2.24) is 20.5 Å². The Bertz CT molecular complexity index is 996. The number of fused-ring (bicyclic) bond motifs is 1. The number of aliphatic hydroxyl groups is 2. The zero-order valence-electron chi connectivity index (χ0n) is 15.7. The first-order valence-corrected chi connectivity index (χ1v) is 9.48. The highest BCUT2D eigenvalue weighted by Gasteiger charge is 2.28. The molecule has 2 aromatic heterocycles. The van der Waals surface area contributed by atoms with E-state index in [0.29, 0.717) is 17.0 Å². The Hall–Kier alpha value is -2.74. The van der Waals surface area contributed by atoms with Crippen LogP contribution >= 0.6 is 0 Å². The third kappa shape index (κ3) is 3.91. The van der Waals surface area contributed by atoms with Crippen molar-refractivity contribution < 1.29 is 15.0 Å². The second-order valence-electron chi connectivity index (χ2n) is 7.39. The average molecular weight is 380 g/mol. The maximum absolute atomic E-state index is 12.4. The summed E-state index contributed by atoms with van der Waals surface area (Å²) in [7, 11) is 0. The van der Waals surface area contributed by atoms with Crippen LogP contribution in [-0.2, 0) is 0 Å². The molecule has 0 aliphatic heterocycles. The van der Waals surface area contributed by atoms with Gasteiger partial charge in [0, 0.05) is 17.8 Å². The monoisotopic (exact) mass is 380 g/mol. The van der Waals surface area contributed by atoms with Crippen LogP contribution in [0.4, 0.5) is 0 Å². The highest BCUT2D eigenvalue weighted by molar-refractivity contribution is 5.94. The van der Waals surface area contributed by atoms with Crippen LogP contribution in [0.5, 0.6) is 0 Å². The second kappa shape index (κ2) is 7.71. The number of nitrogens with one attached hydrogen (secondary N) is 2. The van der Waals surface area contributed by atoms with Crippen LogP contribution in [0.1, 0.15) is 41.8 Å². The largest absolute Gasteiger partial charge is 0.393 e. The fourth-order valence-electron chi connectivity index (χ4n) is 3.28. The zero-order valence-corrected chi connectivity index (χ0v) is 15.7. The van der Waals surface area contributed by atoms with Gasteiger partial charge in [-0.15, -0.1) is 0 Å². The molecule has 1 unspecified atom stereocenters. The fourth-order valence-corrected chi connectivity index (χ4v) is 3.28. The summed E-state index contributed by atoms with van der Waals surface area (Å²) in [6.45, 7) is 1.75. The fraction of sp³-hybridized carbons (Fsp3) is 0.333. The van der Waals surface area contributed by atoms with Crippen LogP contribution in [-0.4, -0.2) is 38.4 Å². The summed E-state index contributed by atoms with van der Waals surface area (Å²) in [5, 5.41) is 23.3. The van der Waals surface area contributed by atoms with E-state index in [1.165, 1.54) is 12.8 Å². The highest BCUT2D eigenvalue weighted by atomic mass is 16.3. The smallest absolute Gasteiger partial charge is 0.267 e. The topological polar surface area (TPSA) is 98.9 Å². The van der Waals surface area contributed by atoms with Gasteiger partial charge in [0.2, 0.25) is 0 Å². The predicted molar refractivity (Wildman–Crippen MR) is 105 cm³/mol. The van der Waals surface area contributed by atoms with Crippen LogP contribution in [0.2, 0.25) is 0 Å². The molecular formula is C21H24N4O3. The number of hydrogen-bond donors (Lipinski definition) is 4. The third-order valence-corrected chi connectivity index (χ3v) is 5.24. The molecule has 1 aromatic carbocycles. The number of amides is 1. The Labute approximate surface area is 163 Å². The Morgan fingerprint density at radius 1 is 1.29 bits per heavy atom. The van der Waals surface area contributed by atoms with Gasteiger partial charge in [-0.05, 0) is 55.0 Å². The van der Waals surface area contributed by atoms with E-state index in [1.54, 1.807) is 22.8 Å². The van der Waals surface area contributed by atoms with Crippen molar-refractivity contribution in [1.29, 1.82) is 0 Å². The number of aliphatic hydroxyl groups excluding tert-OH is 2. The van der Waals surface area contributed by atoms with E-state index < -0.39 is 6.10 Å². The molecule has 4 rings (SSSR count). The van der Waals surface area contributed by atoms with Crippen LogP contribution in [0.15, 0.2) is 48.8 Å². The first-order valence-electron chi connectivity index (χ1n) is 9.48. The van der Waals surface area contributed by atoms with Gasteiger partial charge in [-0.2, -0.15) is 5.10 Å². The van der Waals surface area contributed by atoms with E-state index >= 15 is 0 Å². The molecule has 1 amide bonds. The van der Waals surface area contributed by atoms with Crippen molar-refractivity contribution in [2.24, 2.45) is 5.92 Å². The predicted octanol–water partition coefficient (Wildman–Crippen LogP) is 2.06. The molecule has 2 heterocycles. The van der Waals surface area contributed by atoms with E-state index in [4.69, 9.17) is 5.11 Å². The van der Waals surface area contributed by atoms with E-state index in [0.717, 1.165) is 16.6 Å². The summed E-state index contributed by atoms with van der Waals surface area (Å²) in [6, 6.07) is 11.4. The Morgan fingerprint density at radius 2 is 2.11 bits per heavy atom. The minimum atomic E-state index is -0.907. The lowest BCUT2D eigenvalue weighted by molar-refractivity contribution is 0.0923. The SMILES string of the molecule is C[C@@H](NNC(=O)c1cnn2cc(-c3cccc(C(O)CO)c3)cc2c1)C1CC1. The lowest BCUT2D eigenvalue weighted by Gasteiger charge is -2.13. The van der Waals surface area contributed by atoms with Crippen molar-refractivity contribution in [3.8, 4) is 11.1 Å². The maximum Gasteiger partial charge on any atom is 0.267 e. The highest BCUT2D eigenvalue weighted by Crippen LogP contribution is 2.32. The number of rotatable bonds is 7. The molecule has 0 saturated heterocycles.